The molecule has 0 bridgehead atoms. The van der Waals surface area contributed by atoms with Crippen LogP contribution in [0.3, 0.4) is 0 Å². The van der Waals surface area contributed by atoms with Crippen molar-refractivity contribution in [2.24, 2.45) is 0 Å². The van der Waals surface area contributed by atoms with Gasteiger partial charge in [0.25, 0.3) is 5.56 Å². The summed E-state index contributed by atoms with van der Waals surface area (Å²) in [5.74, 6) is 0. The number of aromatic amines is 1. The van der Waals surface area contributed by atoms with E-state index >= 15 is 0 Å². The molecule has 0 aliphatic carbocycles. The Morgan fingerprint density at radius 1 is 1.20 bits per heavy atom. The third kappa shape index (κ3) is 5.15. The summed E-state index contributed by atoms with van der Waals surface area (Å²) in [4.78, 5) is 50.7. The van der Waals surface area contributed by atoms with Gasteiger partial charge in [0.15, 0.2) is 6.23 Å². The van der Waals surface area contributed by atoms with E-state index < -0.39 is 58.0 Å². The lowest BCUT2D eigenvalue weighted by Gasteiger charge is -2.17. The molecule has 142 valence electrons. The van der Waals surface area contributed by atoms with Gasteiger partial charge in [-0.15, -0.1) is 0 Å². The van der Waals surface area contributed by atoms with Crippen LogP contribution in [0.5, 0.6) is 0 Å². The molecule has 1 aliphatic heterocycles. The molecule has 2 heterocycles. The summed E-state index contributed by atoms with van der Waals surface area (Å²) < 4.78 is 35.6. The second-order valence-electron chi connectivity index (χ2n) is 4.90. The molecule has 1 saturated heterocycles. The zero-order valence-electron chi connectivity index (χ0n) is 12.1. The standard InChI is InChI=1S/C9H14N2O12P2/c12-5-1-2-11(9(15)10-5)8-7(14)6(13)4(22-8)3-21-25(19,20)23-24(16,17)18/h1-2,4,6-8,13-14H,3H2,(H,19,20)(H,10,12,15)(H2,16,17,18)/t4-,6-,7-,8+/m1/s1. The fourth-order valence-electron chi connectivity index (χ4n) is 2.05. The van der Waals surface area contributed by atoms with Crippen LogP contribution >= 0.6 is 15.6 Å². The quantitative estimate of drug-likeness (QED) is 0.269. The Morgan fingerprint density at radius 3 is 2.40 bits per heavy atom. The van der Waals surface area contributed by atoms with E-state index in [-0.39, 0.29) is 0 Å². The minimum absolute atomic E-state index is 0.704. The smallest absolute Gasteiger partial charge is 0.387 e. The Bertz CT molecular complexity index is 828. The van der Waals surface area contributed by atoms with E-state index in [1.54, 1.807) is 0 Å². The summed E-state index contributed by atoms with van der Waals surface area (Å²) in [6, 6.07) is 0.962. The second kappa shape index (κ2) is 7.21. The van der Waals surface area contributed by atoms with E-state index in [9.17, 15) is 28.9 Å². The third-order valence-corrected chi connectivity index (χ3v) is 5.23. The highest BCUT2D eigenvalue weighted by Crippen LogP contribution is 2.57. The lowest BCUT2D eigenvalue weighted by Crippen LogP contribution is -2.37. The SMILES string of the molecule is O=c1ccn([C@H]2O[C@H](COP(=O)(O)OP(=O)(O)O)[C@@H](O)[C@H]2O)c(=O)[nH]1. The van der Waals surface area contributed by atoms with Crippen LogP contribution in [-0.2, 0) is 22.7 Å². The lowest BCUT2D eigenvalue weighted by atomic mass is 10.1. The molecular weight excluding hydrogens is 390 g/mol. The maximum Gasteiger partial charge on any atom is 0.481 e. The van der Waals surface area contributed by atoms with Crippen LogP contribution in [0.2, 0.25) is 0 Å². The highest BCUT2D eigenvalue weighted by molar-refractivity contribution is 7.60. The summed E-state index contributed by atoms with van der Waals surface area (Å²) in [5.41, 5.74) is -1.65. The summed E-state index contributed by atoms with van der Waals surface area (Å²) in [6.07, 6.45) is -5.25. The second-order valence-corrected chi connectivity index (χ2v) is 7.73. The number of phosphoric ester groups is 1. The van der Waals surface area contributed by atoms with Crippen LogP contribution in [0.25, 0.3) is 0 Å². The molecule has 2 rings (SSSR count). The number of nitrogens with one attached hydrogen (secondary N) is 1. The summed E-state index contributed by atoms with van der Waals surface area (Å²) in [6.45, 7) is -0.902. The normalized spacial score (nSPS) is 29.5. The first kappa shape index (κ1) is 20.1. The number of phosphoric acid groups is 2. The molecule has 1 fully saturated rings. The van der Waals surface area contributed by atoms with E-state index in [1.807, 2.05) is 4.98 Å². The first-order valence-corrected chi connectivity index (χ1v) is 9.49. The van der Waals surface area contributed by atoms with Gasteiger partial charge in [0.1, 0.15) is 18.3 Å². The molecule has 0 saturated carbocycles. The molecule has 16 heteroatoms. The van der Waals surface area contributed by atoms with Gasteiger partial charge < -0.3 is 29.6 Å². The molecule has 1 aromatic heterocycles. The van der Waals surface area contributed by atoms with Crippen LogP contribution in [-0.4, -0.2) is 59.4 Å². The zero-order valence-corrected chi connectivity index (χ0v) is 13.9. The molecule has 1 aromatic rings. The molecule has 0 aromatic carbocycles. The third-order valence-electron chi connectivity index (χ3n) is 3.07. The minimum atomic E-state index is -5.32. The summed E-state index contributed by atoms with van der Waals surface area (Å²) in [5, 5.41) is 19.8. The first-order valence-electron chi connectivity index (χ1n) is 6.47. The van der Waals surface area contributed by atoms with Gasteiger partial charge >= 0.3 is 21.3 Å². The van der Waals surface area contributed by atoms with Crippen molar-refractivity contribution in [1.29, 1.82) is 0 Å². The Morgan fingerprint density at radius 2 is 1.84 bits per heavy atom. The van der Waals surface area contributed by atoms with E-state index in [0.29, 0.717) is 0 Å². The summed E-state index contributed by atoms with van der Waals surface area (Å²) in [7, 11) is -10.5. The molecule has 0 spiro atoms. The topological polar surface area (TPSA) is 218 Å². The predicted molar refractivity (Wildman–Crippen MR) is 76.2 cm³/mol. The van der Waals surface area contributed by atoms with Gasteiger partial charge in [-0.25, -0.2) is 13.9 Å². The van der Waals surface area contributed by atoms with Crippen molar-refractivity contribution in [3.8, 4) is 0 Å². The van der Waals surface area contributed by atoms with E-state index in [4.69, 9.17) is 19.4 Å². The number of nitrogens with zero attached hydrogens (tertiary/aromatic N) is 1. The molecule has 0 amide bonds. The van der Waals surface area contributed by atoms with E-state index in [0.717, 1.165) is 16.8 Å². The van der Waals surface area contributed by atoms with Gasteiger partial charge in [0.2, 0.25) is 0 Å². The monoisotopic (exact) mass is 404 g/mol. The average Bonchev–Trinajstić information content (AvgIpc) is 2.71. The van der Waals surface area contributed by atoms with Crippen LogP contribution in [0.1, 0.15) is 6.23 Å². The number of rotatable bonds is 6. The molecule has 1 aliphatic rings. The Kier molecular flexibility index (Phi) is 5.81. The molecule has 14 nitrogen and oxygen atoms in total. The van der Waals surface area contributed by atoms with E-state index in [2.05, 4.69) is 8.83 Å². The average molecular weight is 404 g/mol. The minimum Gasteiger partial charge on any atom is -0.387 e. The Labute approximate surface area is 138 Å². The van der Waals surface area contributed by atoms with Gasteiger partial charge in [-0.2, -0.15) is 4.31 Å². The van der Waals surface area contributed by atoms with Gasteiger partial charge in [-0.05, 0) is 0 Å². The van der Waals surface area contributed by atoms with Gasteiger partial charge in [0.05, 0.1) is 6.61 Å². The van der Waals surface area contributed by atoms with Crippen LogP contribution < -0.4 is 11.2 Å². The number of aromatic nitrogens is 2. The van der Waals surface area contributed by atoms with Gasteiger partial charge in [0, 0.05) is 12.3 Å². The number of hydrogen-bond acceptors (Lipinski definition) is 9. The van der Waals surface area contributed by atoms with E-state index in [1.165, 1.54) is 0 Å². The molecule has 1 unspecified atom stereocenters. The van der Waals surface area contributed by atoms with Crippen molar-refractivity contribution in [2.45, 2.75) is 24.5 Å². The maximum atomic E-state index is 11.7. The maximum absolute atomic E-state index is 11.7. The summed E-state index contributed by atoms with van der Waals surface area (Å²) >= 11 is 0. The van der Waals surface area contributed by atoms with Crippen molar-refractivity contribution in [2.75, 3.05) is 6.61 Å². The van der Waals surface area contributed by atoms with Gasteiger partial charge in [-0.1, -0.05) is 0 Å². The van der Waals surface area contributed by atoms with Crippen LogP contribution in [0, 0.1) is 0 Å². The fraction of sp³-hybridized carbons (Fsp3) is 0.556. The van der Waals surface area contributed by atoms with Crippen LogP contribution in [0.15, 0.2) is 21.9 Å². The highest BCUT2D eigenvalue weighted by atomic mass is 31.3. The fourth-order valence-corrected chi connectivity index (χ4v) is 3.65. The number of H-pyrrole nitrogens is 1. The Balaban J connectivity index is 2.09. The van der Waals surface area contributed by atoms with Crippen molar-refractivity contribution in [1.82, 2.24) is 9.55 Å². The Hall–Kier alpha value is -1.18. The number of hydrogen-bond donors (Lipinski definition) is 6. The van der Waals surface area contributed by atoms with Gasteiger partial charge in [-0.3, -0.25) is 18.9 Å². The van der Waals surface area contributed by atoms with Crippen molar-refractivity contribution >= 4 is 15.6 Å². The van der Waals surface area contributed by atoms with Crippen LogP contribution in [0.4, 0.5) is 0 Å². The predicted octanol–water partition coefficient (Wildman–Crippen LogP) is -2.62. The molecule has 0 radical (unpaired) electrons. The highest BCUT2D eigenvalue weighted by Gasteiger charge is 2.45. The van der Waals surface area contributed by atoms with Crippen molar-refractivity contribution in [3.63, 3.8) is 0 Å². The van der Waals surface area contributed by atoms with Crippen molar-refractivity contribution in [3.05, 3.63) is 33.1 Å². The molecule has 25 heavy (non-hydrogen) atoms. The lowest BCUT2D eigenvalue weighted by molar-refractivity contribution is -0.0542. The largest absolute Gasteiger partial charge is 0.481 e. The zero-order chi connectivity index (χ0) is 19.0. The molecule has 5 atom stereocenters. The number of aliphatic hydroxyl groups is 2. The van der Waals surface area contributed by atoms with Crippen molar-refractivity contribution < 1.29 is 47.6 Å². The first-order chi connectivity index (χ1) is 11.4. The number of ether oxygens (including phenoxy) is 1. The molecule has 6 N–H and O–H groups in total. The molecular formula is C9H14N2O12P2. The number of aliphatic hydroxyl groups excluding tert-OH is 2.